The molecule has 1 aromatic heterocycles. The number of thioether (sulfide) groups is 1. The van der Waals surface area contributed by atoms with Crippen LogP contribution in [-0.4, -0.2) is 22.8 Å². The number of carbonyl (C=O) groups excluding carboxylic acids is 2. The van der Waals surface area contributed by atoms with Gasteiger partial charge in [0.2, 0.25) is 5.91 Å². The maximum atomic E-state index is 12.4. The van der Waals surface area contributed by atoms with E-state index < -0.39 is 5.97 Å². The van der Waals surface area contributed by atoms with Crippen LogP contribution in [0.4, 0.5) is 5.69 Å². The first-order chi connectivity index (χ1) is 14.0. The summed E-state index contributed by atoms with van der Waals surface area (Å²) in [5, 5.41) is 15.4. The fraction of sp³-hybridized carbons (Fsp3) is 0.143. The number of hydrogen-bond donors (Lipinski definition) is 1. The average Bonchev–Trinajstić information content (AvgIpc) is 3.16. The molecule has 3 rings (SSSR count). The number of anilines is 1. The number of nitriles is 1. The second kappa shape index (κ2) is 9.57. The van der Waals surface area contributed by atoms with Crippen molar-refractivity contribution in [1.29, 1.82) is 5.26 Å². The SMILES string of the molecule is Cc1cc(COC(=O)c2ccccc2SCC(=O)Nc2cccc(C#N)c2)on1. The fourth-order valence-electron chi connectivity index (χ4n) is 2.47. The van der Waals surface area contributed by atoms with E-state index in [9.17, 15) is 9.59 Å². The van der Waals surface area contributed by atoms with Gasteiger partial charge in [-0.3, -0.25) is 4.79 Å². The Hall–Kier alpha value is -3.57. The van der Waals surface area contributed by atoms with Crippen LogP contribution in [-0.2, 0) is 16.1 Å². The number of esters is 1. The van der Waals surface area contributed by atoms with Gasteiger partial charge in [0, 0.05) is 16.6 Å². The van der Waals surface area contributed by atoms with Crippen molar-refractivity contribution in [3.63, 3.8) is 0 Å². The van der Waals surface area contributed by atoms with E-state index in [4.69, 9.17) is 14.5 Å². The van der Waals surface area contributed by atoms with Crippen molar-refractivity contribution in [1.82, 2.24) is 5.16 Å². The number of benzene rings is 2. The second-order valence-electron chi connectivity index (χ2n) is 6.04. The summed E-state index contributed by atoms with van der Waals surface area (Å²) in [6, 6.07) is 17.3. The summed E-state index contributed by atoms with van der Waals surface area (Å²) in [5.74, 6) is -0.197. The normalized spacial score (nSPS) is 10.2. The number of hydrogen-bond acceptors (Lipinski definition) is 7. The molecule has 146 valence electrons. The molecule has 2 aromatic carbocycles. The van der Waals surface area contributed by atoms with E-state index >= 15 is 0 Å². The molecule has 8 heteroatoms. The molecule has 0 aliphatic carbocycles. The number of ether oxygens (including phenoxy) is 1. The van der Waals surface area contributed by atoms with Crippen LogP contribution in [0.5, 0.6) is 0 Å². The van der Waals surface area contributed by atoms with E-state index in [0.717, 1.165) is 0 Å². The minimum absolute atomic E-state index is 0.0195. The van der Waals surface area contributed by atoms with E-state index in [2.05, 4.69) is 10.5 Å². The van der Waals surface area contributed by atoms with Crippen LogP contribution in [0, 0.1) is 18.3 Å². The summed E-state index contributed by atoms with van der Waals surface area (Å²) in [7, 11) is 0. The lowest BCUT2D eigenvalue weighted by Crippen LogP contribution is -2.14. The Morgan fingerprint density at radius 2 is 2.03 bits per heavy atom. The van der Waals surface area contributed by atoms with Crippen LogP contribution in [0.3, 0.4) is 0 Å². The first-order valence-corrected chi connectivity index (χ1v) is 9.65. The quantitative estimate of drug-likeness (QED) is 0.467. The van der Waals surface area contributed by atoms with Gasteiger partial charge in [0.15, 0.2) is 12.4 Å². The molecule has 0 unspecified atom stereocenters. The van der Waals surface area contributed by atoms with Gasteiger partial charge in [-0.2, -0.15) is 5.26 Å². The highest BCUT2D eigenvalue weighted by Gasteiger charge is 2.15. The van der Waals surface area contributed by atoms with Crippen molar-refractivity contribution in [2.24, 2.45) is 0 Å². The second-order valence-corrected chi connectivity index (χ2v) is 7.05. The molecule has 1 N–H and O–H groups in total. The molecule has 0 saturated heterocycles. The first-order valence-electron chi connectivity index (χ1n) is 8.66. The predicted molar refractivity (Wildman–Crippen MR) is 107 cm³/mol. The number of rotatable bonds is 7. The largest absolute Gasteiger partial charge is 0.454 e. The molecule has 0 radical (unpaired) electrons. The molecule has 0 bridgehead atoms. The van der Waals surface area contributed by atoms with E-state index in [-0.39, 0.29) is 18.3 Å². The summed E-state index contributed by atoms with van der Waals surface area (Å²) < 4.78 is 10.3. The zero-order valence-corrected chi connectivity index (χ0v) is 16.4. The van der Waals surface area contributed by atoms with Gasteiger partial charge < -0.3 is 14.6 Å². The summed E-state index contributed by atoms with van der Waals surface area (Å²) in [5.41, 5.74) is 2.08. The lowest BCUT2D eigenvalue weighted by Gasteiger charge is -2.09. The Morgan fingerprint density at radius 3 is 2.79 bits per heavy atom. The third-order valence-corrected chi connectivity index (χ3v) is 4.84. The molecule has 1 heterocycles. The molecule has 0 spiro atoms. The monoisotopic (exact) mass is 407 g/mol. The number of nitrogens with zero attached hydrogens (tertiary/aromatic N) is 2. The van der Waals surface area contributed by atoms with Crippen molar-refractivity contribution >= 4 is 29.3 Å². The summed E-state index contributed by atoms with van der Waals surface area (Å²) in [6.07, 6.45) is 0. The highest BCUT2D eigenvalue weighted by Crippen LogP contribution is 2.24. The standard InChI is InChI=1S/C21H17N3O4S/c1-14-9-17(28-24-14)12-27-21(26)18-7-2-3-8-19(18)29-13-20(25)23-16-6-4-5-15(10-16)11-22/h2-10H,12-13H2,1H3,(H,23,25). The molecular weight excluding hydrogens is 390 g/mol. The number of carbonyl (C=O) groups is 2. The Bertz CT molecular complexity index is 1070. The molecule has 0 saturated carbocycles. The molecule has 0 aliphatic rings. The molecule has 3 aromatic rings. The van der Waals surface area contributed by atoms with Crippen LogP contribution in [0.1, 0.15) is 27.4 Å². The van der Waals surface area contributed by atoms with Crippen molar-refractivity contribution in [3.05, 3.63) is 77.2 Å². The van der Waals surface area contributed by atoms with Crippen molar-refractivity contribution < 1.29 is 18.8 Å². The summed E-state index contributed by atoms with van der Waals surface area (Å²) in [4.78, 5) is 25.3. The predicted octanol–water partition coefficient (Wildman–Crippen LogP) is 3.94. The Morgan fingerprint density at radius 1 is 1.21 bits per heavy atom. The average molecular weight is 407 g/mol. The van der Waals surface area contributed by atoms with Gasteiger partial charge in [-0.25, -0.2) is 4.79 Å². The zero-order chi connectivity index (χ0) is 20.6. The Balaban J connectivity index is 1.58. The van der Waals surface area contributed by atoms with E-state index in [1.807, 2.05) is 6.07 Å². The number of amides is 1. The summed E-state index contributed by atoms with van der Waals surface area (Å²) >= 11 is 1.22. The minimum atomic E-state index is -0.510. The van der Waals surface area contributed by atoms with E-state index in [1.165, 1.54) is 11.8 Å². The van der Waals surface area contributed by atoms with E-state index in [0.29, 0.717) is 33.2 Å². The maximum absolute atomic E-state index is 12.4. The minimum Gasteiger partial charge on any atom is -0.454 e. The van der Waals surface area contributed by atoms with Gasteiger partial charge >= 0.3 is 5.97 Å². The van der Waals surface area contributed by atoms with Gasteiger partial charge in [0.25, 0.3) is 0 Å². The molecule has 29 heavy (non-hydrogen) atoms. The number of aryl methyl sites for hydroxylation is 1. The van der Waals surface area contributed by atoms with Crippen LogP contribution >= 0.6 is 11.8 Å². The smallest absolute Gasteiger partial charge is 0.339 e. The summed E-state index contributed by atoms with van der Waals surface area (Å²) in [6.45, 7) is 1.76. The molecule has 0 fully saturated rings. The van der Waals surface area contributed by atoms with E-state index in [1.54, 1.807) is 61.5 Å². The fourth-order valence-corrected chi connectivity index (χ4v) is 3.31. The topological polar surface area (TPSA) is 105 Å². The van der Waals surface area contributed by atoms with Gasteiger partial charge in [0.1, 0.15) is 0 Å². The highest BCUT2D eigenvalue weighted by molar-refractivity contribution is 8.00. The Labute approximate surface area is 171 Å². The van der Waals surface area contributed by atoms with Gasteiger partial charge in [-0.1, -0.05) is 23.4 Å². The van der Waals surface area contributed by atoms with Crippen molar-refractivity contribution in [2.45, 2.75) is 18.4 Å². The number of nitrogens with one attached hydrogen (secondary N) is 1. The molecule has 7 nitrogen and oxygen atoms in total. The van der Waals surface area contributed by atoms with Gasteiger partial charge in [-0.15, -0.1) is 11.8 Å². The number of aromatic nitrogens is 1. The van der Waals surface area contributed by atoms with Gasteiger partial charge in [-0.05, 0) is 37.3 Å². The van der Waals surface area contributed by atoms with Crippen molar-refractivity contribution in [3.8, 4) is 6.07 Å². The Kier molecular flexibility index (Phi) is 6.66. The lowest BCUT2D eigenvalue weighted by molar-refractivity contribution is -0.113. The zero-order valence-electron chi connectivity index (χ0n) is 15.5. The third-order valence-electron chi connectivity index (χ3n) is 3.76. The molecular formula is C21H17N3O4S. The molecule has 0 atom stereocenters. The maximum Gasteiger partial charge on any atom is 0.339 e. The van der Waals surface area contributed by atoms with Crippen LogP contribution < -0.4 is 5.32 Å². The lowest BCUT2D eigenvalue weighted by atomic mass is 10.2. The van der Waals surface area contributed by atoms with Gasteiger partial charge in [0.05, 0.1) is 28.6 Å². The third kappa shape index (κ3) is 5.70. The van der Waals surface area contributed by atoms with Crippen LogP contribution in [0.25, 0.3) is 0 Å². The first kappa shape index (κ1) is 20.2. The molecule has 0 aliphatic heterocycles. The molecule has 1 amide bonds. The highest BCUT2D eigenvalue weighted by atomic mass is 32.2. The van der Waals surface area contributed by atoms with Crippen LogP contribution in [0.15, 0.2) is 64.0 Å². The van der Waals surface area contributed by atoms with Crippen LogP contribution in [0.2, 0.25) is 0 Å². The van der Waals surface area contributed by atoms with Crippen molar-refractivity contribution in [2.75, 3.05) is 11.1 Å².